The Morgan fingerprint density at radius 2 is 1.56 bits per heavy atom. The maximum atomic E-state index is 14.9. The lowest BCUT2D eigenvalue weighted by molar-refractivity contribution is -0.152. The lowest BCUT2D eigenvalue weighted by Gasteiger charge is -2.38. The minimum Gasteiger partial charge on any atom is -0.497 e. The highest BCUT2D eigenvalue weighted by Crippen LogP contribution is 2.52. The number of nitrogens with zero attached hydrogens (tertiary/aromatic N) is 2. The topological polar surface area (TPSA) is 147 Å². The Hall–Kier alpha value is -5.17. The summed E-state index contributed by atoms with van der Waals surface area (Å²) in [5, 5.41) is 20.2. The molecule has 0 bridgehead atoms. The molecule has 1 amide bonds. The molecule has 0 unspecified atom stereocenters. The molecule has 55 heavy (non-hydrogen) atoms. The number of rotatable bonds is 17. The van der Waals surface area contributed by atoms with Crippen LogP contribution in [0, 0.1) is 17.3 Å². The summed E-state index contributed by atoms with van der Waals surface area (Å²) >= 11 is 0. The summed E-state index contributed by atoms with van der Waals surface area (Å²) in [7, 11) is 6.33. The van der Waals surface area contributed by atoms with Crippen molar-refractivity contribution in [2.75, 3.05) is 59.9 Å². The average molecular weight is 760 g/mol. The summed E-state index contributed by atoms with van der Waals surface area (Å²) in [6.45, 7) is 8.91. The number of hydrogen-bond donors (Lipinski definition) is 2. The molecule has 0 aromatic heterocycles. The van der Waals surface area contributed by atoms with Gasteiger partial charge in [0, 0.05) is 30.6 Å². The maximum Gasteiger partial charge on any atom is 0.309 e. The number of anilines is 1. The van der Waals surface area contributed by atoms with E-state index >= 15 is 0 Å². The monoisotopic (exact) mass is 759 g/mol. The third-order valence-corrected chi connectivity index (χ3v) is 11.5. The predicted octanol–water partition coefficient (Wildman–Crippen LogP) is 6.63. The second kappa shape index (κ2) is 16.3. The first kappa shape index (κ1) is 39.5. The van der Waals surface area contributed by atoms with E-state index in [1.54, 1.807) is 28.4 Å². The van der Waals surface area contributed by atoms with Gasteiger partial charge in [0.25, 0.3) is 0 Å². The van der Waals surface area contributed by atoms with Gasteiger partial charge in [-0.05, 0) is 99.2 Å². The minimum absolute atomic E-state index is 0.0942. The van der Waals surface area contributed by atoms with E-state index in [0.29, 0.717) is 74.1 Å². The molecule has 3 aromatic rings. The highest BCUT2D eigenvalue weighted by molar-refractivity contribution is 6.10. The average Bonchev–Trinajstić information content (AvgIpc) is 3.85. The first-order chi connectivity index (χ1) is 26.4. The van der Waals surface area contributed by atoms with Crippen LogP contribution in [0.2, 0.25) is 0 Å². The van der Waals surface area contributed by atoms with Gasteiger partial charge >= 0.3 is 5.97 Å². The van der Waals surface area contributed by atoms with Crippen LogP contribution in [0.4, 0.5) is 5.69 Å². The zero-order valence-electron chi connectivity index (χ0n) is 33.0. The van der Waals surface area contributed by atoms with Crippen LogP contribution in [0.15, 0.2) is 53.6 Å². The number of fused-ring (bicyclic) bond motifs is 4. The summed E-state index contributed by atoms with van der Waals surface area (Å²) in [6.07, 6.45) is 1.98. The van der Waals surface area contributed by atoms with E-state index in [4.69, 9.17) is 38.3 Å². The fourth-order valence-corrected chi connectivity index (χ4v) is 8.05. The molecular formula is C42H53N3O10. The fraction of sp³-hybridized carbons (Fsp3) is 0.500. The van der Waals surface area contributed by atoms with Crippen molar-refractivity contribution in [2.45, 2.75) is 64.9 Å². The zero-order chi connectivity index (χ0) is 39.5. The number of carboxylic acid groups (broad SMARTS) is 1. The Morgan fingerprint density at radius 3 is 2.15 bits per heavy atom. The van der Waals surface area contributed by atoms with Crippen molar-refractivity contribution >= 4 is 23.3 Å². The number of hydrazone groups is 1. The molecule has 13 nitrogen and oxygen atoms in total. The number of carbonyl (C=O) groups excluding carboxylic acids is 1. The zero-order valence-corrected chi connectivity index (χ0v) is 33.0. The van der Waals surface area contributed by atoms with E-state index in [-0.39, 0.29) is 18.6 Å². The van der Waals surface area contributed by atoms with Crippen LogP contribution >= 0.6 is 0 Å². The van der Waals surface area contributed by atoms with Crippen molar-refractivity contribution in [3.8, 4) is 34.5 Å². The second-order valence-corrected chi connectivity index (χ2v) is 14.8. The molecule has 0 radical (unpaired) electrons. The molecule has 2 aliphatic heterocycles. The van der Waals surface area contributed by atoms with Crippen LogP contribution in [0.1, 0.15) is 76.0 Å². The van der Waals surface area contributed by atoms with Crippen LogP contribution in [0.25, 0.3) is 0 Å². The molecule has 296 valence electrons. The van der Waals surface area contributed by atoms with Gasteiger partial charge in [-0.3, -0.25) is 14.6 Å². The van der Waals surface area contributed by atoms with Crippen LogP contribution in [-0.4, -0.2) is 83.2 Å². The number of carboxylic acids is 1. The first-order valence-electron chi connectivity index (χ1n) is 18.8. The molecule has 13 heteroatoms. The Kier molecular flexibility index (Phi) is 11.7. The quantitative estimate of drug-likeness (QED) is 0.153. The first-order valence-corrected chi connectivity index (χ1v) is 18.8. The maximum absolute atomic E-state index is 14.9. The molecule has 0 fully saturated rings. The van der Waals surface area contributed by atoms with Crippen molar-refractivity contribution in [1.82, 2.24) is 5.32 Å². The third-order valence-electron chi connectivity index (χ3n) is 11.5. The number of methoxy groups -OCH3 is 4. The normalized spacial score (nSPS) is 18.6. The molecular weight excluding hydrogens is 706 g/mol. The van der Waals surface area contributed by atoms with E-state index < -0.39 is 28.8 Å². The summed E-state index contributed by atoms with van der Waals surface area (Å²) in [6, 6.07) is 15.4. The second-order valence-electron chi connectivity index (χ2n) is 14.8. The molecule has 2 N–H and O–H groups in total. The molecule has 3 atom stereocenters. The van der Waals surface area contributed by atoms with Gasteiger partial charge < -0.3 is 43.6 Å². The van der Waals surface area contributed by atoms with Crippen molar-refractivity contribution in [2.24, 2.45) is 22.4 Å². The van der Waals surface area contributed by atoms with Crippen molar-refractivity contribution in [3.63, 3.8) is 0 Å². The molecule has 0 saturated carbocycles. The van der Waals surface area contributed by atoms with Crippen molar-refractivity contribution in [3.05, 3.63) is 65.2 Å². The van der Waals surface area contributed by atoms with Gasteiger partial charge in [0.05, 0.1) is 63.3 Å². The predicted molar refractivity (Wildman–Crippen MR) is 207 cm³/mol. The fourth-order valence-electron chi connectivity index (χ4n) is 8.05. The molecule has 3 aromatic carbocycles. The number of amides is 1. The Balaban J connectivity index is 1.36. The summed E-state index contributed by atoms with van der Waals surface area (Å²) in [4.78, 5) is 26.9. The Bertz CT molecular complexity index is 1880. The van der Waals surface area contributed by atoms with E-state index in [9.17, 15) is 14.7 Å². The number of carbonyl (C=O) groups is 2. The number of aliphatic carboxylic acids is 1. The Labute approximate surface area is 322 Å². The minimum atomic E-state index is -0.819. The van der Waals surface area contributed by atoms with E-state index in [1.807, 2.05) is 81.2 Å². The third kappa shape index (κ3) is 7.71. The molecule has 1 aliphatic carbocycles. The number of hydrogen-bond acceptors (Lipinski definition) is 11. The molecule has 3 aliphatic rings. The van der Waals surface area contributed by atoms with Gasteiger partial charge in [-0.1, -0.05) is 13.8 Å². The highest BCUT2D eigenvalue weighted by Gasteiger charge is 2.50. The van der Waals surface area contributed by atoms with E-state index in [1.165, 1.54) is 0 Å². The van der Waals surface area contributed by atoms with Gasteiger partial charge in [-0.15, -0.1) is 0 Å². The van der Waals surface area contributed by atoms with Gasteiger partial charge in [0.15, 0.2) is 23.0 Å². The smallest absolute Gasteiger partial charge is 0.309 e. The highest BCUT2D eigenvalue weighted by atomic mass is 16.7. The lowest BCUT2D eigenvalue weighted by Crippen LogP contribution is -2.46. The molecule has 2 heterocycles. The van der Waals surface area contributed by atoms with Crippen LogP contribution in [-0.2, 0) is 14.3 Å². The van der Waals surface area contributed by atoms with E-state index in [2.05, 4.69) is 5.32 Å². The summed E-state index contributed by atoms with van der Waals surface area (Å²) in [5.41, 5.74) is 2.75. The summed E-state index contributed by atoms with van der Waals surface area (Å²) < 4.78 is 40.6. The van der Waals surface area contributed by atoms with Crippen LogP contribution in [0.3, 0.4) is 0 Å². The van der Waals surface area contributed by atoms with Crippen molar-refractivity contribution in [1.29, 1.82) is 0 Å². The molecule has 0 saturated heterocycles. The largest absolute Gasteiger partial charge is 0.497 e. The summed E-state index contributed by atoms with van der Waals surface area (Å²) in [5.74, 6) is 0.978. The number of ether oxygens (including phenoxy) is 7. The molecule has 0 spiro atoms. The van der Waals surface area contributed by atoms with Gasteiger partial charge in [0.1, 0.15) is 5.75 Å². The van der Waals surface area contributed by atoms with Gasteiger partial charge in [0.2, 0.25) is 18.4 Å². The number of nitrogens with one attached hydrogen (secondary N) is 1. The van der Waals surface area contributed by atoms with Gasteiger partial charge in [-0.25, -0.2) is 0 Å². The van der Waals surface area contributed by atoms with Crippen LogP contribution < -0.4 is 38.7 Å². The van der Waals surface area contributed by atoms with Crippen molar-refractivity contribution < 1.29 is 47.9 Å². The standard InChI is InChI=1S/C42H53N3O10/c1-9-42(10-2,40(47)48)16-18-55-41(3,4)15-17-43-39(46)36-30-23-45(26-11-13-27(49-5)14-12-26)44-37(30)29-22-32-31(53-24-54-32)21-28(29)35(36)25-19-33(50-6)38(52-8)34(20-25)51-7/h11-14,19-22,30,35-36H,9-10,15-18,23-24H2,1-8H3,(H,43,46)(H,47,48)/t30-,35+,36-/m0/s1. The number of benzene rings is 3. The lowest BCUT2D eigenvalue weighted by atomic mass is 9.65. The van der Waals surface area contributed by atoms with E-state index in [0.717, 1.165) is 33.8 Å². The van der Waals surface area contributed by atoms with Gasteiger partial charge in [-0.2, -0.15) is 5.10 Å². The SMILES string of the molecule is CCC(CC)(CCOC(C)(C)CCNC(=O)[C@@H]1[C@H](c2cc(OC)c(OC)c(OC)c2)c2cc3c(cc2C2=NN(c4ccc(OC)cc4)C[C@H]21)OCO3)C(=O)O. The Morgan fingerprint density at radius 1 is 0.909 bits per heavy atom. The van der Waals surface area contributed by atoms with Crippen LogP contribution in [0.5, 0.6) is 34.5 Å². The molecule has 6 rings (SSSR count).